The highest BCUT2D eigenvalue weighted by atomic mass is 19.4. The molecule has 2 heterocycles. The first-order valence-corrected chi connectivity index (χ1v) is 9.58. The standard InChI is InChI=1S/C23H17F3N4O2/c24-23(25,26)17-5-3-4-16(14-17)15-21(31)27-18-6-8-19(9-7-18)32-22-11-10-20(28-29-22)30-12-1-2-13-30/h1-14H,15H2,(H,27,31). The van der Waals surface area contributed by atoms with Crippen LogP contribution in [0.1, 0.15) is 11.1 Å². The lowest BCUT2D eigenvalue weighted by molar-refractivity contribution is -0.137. The van der Waals surface area contributed by atoms with Crippen molar-refractivity contribution in [2.45, 2.75) is 12.6 Å². The summed E-state index contributed by atoms with van der Waals surface area (Å²) in [5.74, 6) is 1.02. The molecule has 0 aliphatic rings. The number of carbonyl (C=O) groups is 1. The Hall–Kier alpha value is -4.14. The van der Waals surface area contributed by atoms with E-state index in [2.05, 4.69) is 15.5 Å². The van der Waals surface area contributed by atoms with Gasteiger partial charge in [-0.25, -0.2) is 0 Å². The molecule has 0 aliphatic carbocycles. The summed E-state index contributed by atoms with van der Waals surface area (Å²) in [6.45, 7) is 0. The van der Waals surface area contributed by atoms with Crippen molar-refractivity contribution in [2.24, 2.45) is 0 Å². The van der Waals surface area contributed by atoms with E-state index in [1.165, 1.54) is 12.1 Å². The number of nitrogens with one attached hydrogen (secondary N) is 1. The normalized spacial score (nSPS) is 11.2. The van der Waals surface area contributed by atoms with Gasteiger partial charge in [-0.1, -0.05) is 18.2 Å². The van der Waals surface area contributed by atoms with E-state index in [0.717, 1.165) is 12.1 Å². The van der Waals surface area contributed by atoms with Crippen LogP contribution >= 0.6 is 0 Å². The minimum Gasteiger partial charge on any atom is -0.438 e. The number of amides is 1. The quantitative estimate of drug-likeness (QED) is 0.446. The highest BCUT2D eigenvalue weighted by molar-refractivity contribution is 5.92. The molecule has 4 rings (SSSR count). The van der Waals surface area contributed by atoms with Gasteiger partial charge in [0.1, 0.15) is 5.75 Å². The molecule has 0 radical (unpaired) electrons. The Morgan fingerprint density at radius 2 is 1.69 bits per heavy atom. The van der Waals surface area contributed by atoms with E-state index in [1.807, 2.05) is 29.1 Å². The topological polar surface area (TPSA) is 69.0 Å². The first-order chi connectivity index (χ1) is 15.4. The van der Waals surface area contributed by atoms with E-state index in [9.17, 15) is 18.0 Å². The molecule has 0 unspecified atom stereocenters. The number of alkyl halides is 3. The van der Waals surface area contributed by atoms with Gasteiger partial charge in [-0.05, 0) is 54.1 Å². The molecule has 32 heavy (non-hydrogen) atoms. The molecule has 0 spiro atoms. The fraction of sp³-hybridized carbons (Fsp3) is 0.0870. The smallest absolute Gasteiger partial charge is 0.416 e. The zero-order valence-corrected chi connectivity index (χ0v) is 16.6. The molecular formula is C23H17F3N4O2. The van der Waals surface area contributed by atoms with E-state index in [-0.39, 0.29) is 12.0 Å². The van der Waals surface area contributed by atoms with Gasteiger partial charge in [-0.3, -0.25) is 4.79 Å². The predicted octanol–water partition coefficient (Wildman–Crippen LogP) is 5.26. The average molecular weight is 438 g/mol. The summed E-state index contributed by atoms with van der Waals surface area (Å²) in [5.41, 5.74) is -0.0172. The lowest BCUT2D eigenvalue weighted by atomic mass is 10.1. The van der Waals surface area contributed by atoms with E-state index >= 15 is 0 Å². The Morgan fingerprint density at radius 1 is 0.938 bits per heavy atom. The monoisotopic (exact) mass is 438 g/mol. The lowest BCUT2D eigenvalue weighted by Gasteiger charge is -2.10. The van der Waals surface area contributed by atoms with Crippen molar-refractivity contribution in [1.29, 1.82) is 0 Å². The molecule has 0 fully saturated rings. The average Bonchev–Trinajstić information content (AvgIpc) is 3.30. The van der Waals surface area contributed by atoms with Crippen LogP contribution in [0, 0.1) is 0 Å². The zero-order chi connectivity index (χ0) is 22.6. The van der Waals surface area contributed by atoms with Crippen LogP contribution in [0.15, 0.2) is 85.2 Å². The van der Waals surface area contributed by atoms with Gasteiger partial charge in [0, 0.05) is 24.1 Å². The molecule has 0 saturated heterocycles. The van der Waals surface area contributed by atoms with Crippen LogP contribution in [0.4, 0.5) is 18.9 Å². The van der Waals surface area contributed by atoms with Crippen LogP contribution in [-0.4, -0.2) is 20.7 Å². The van der Waals surface area contributed by atoms with Gasteiger partial charge in [-0.2, -0.15) is 13.2 Å². The maximum atomic E-state index is 12.8. The van der Waals surface area contributed by atoms with Crippen molar-refractivity contribution < 1.29 is 22.7 Å². The second-order valence-corrected chi connectivity index (χ2v) is 6.87. The van der Waals surface area contributed by atoms with Gasteiger partial charge in [0.25, 0.3) is 0 Å². The van der Waals surface area contributed by atoms with Gasteiger partial charge in [0.15, 0.2) is 5.82 Å². The Kier molecular flexibility index (Phi) is 5.89. The van der Waals surface area contributed by atoms with Crippen LogP contribution in [0.2, 0.25) is 0 Å². The third-order valence-electron chi connectivity index (χ3n) is 4.47. The molecule has 0 saturated carbocycles. The second-order valence-electron chi connectivity index (χ2n) is 6.87. The second kappa shape index (κ2) is 8.93. The number of ether oxygens (including phenoxy) is 1. The van der Waals surface area contributed by atoms with Crippen molar-refractivity contribution in [1.82, 2.24) is 14.8 Å². The fourth-order valence-electron chi connectivity index (χ4n) is 2.97. The number of anilines is 1. The SMILES string of the molecule is O=C(Cc1cccc(C(F)(F)F)c1)Nc1ccc(Oc2ccc(-n3cccc3)nn2)cc1. The number of aromatic nitrogens is 3. The summed E-state index contributed by atoms with van der Waals surface area (Å²) < 4.78 is 45.9. The largest absolute Gasteiger partial charge is 0.438 e. The van der Waals surface area contributed by atoms with Crippen LogP contribution in [0.5, 0.6) is 11.6 Å². The molecule has 0 aliphatic heterocycles. The molecular weight excluding hydrogens is 421 g/mol. The summed E-state index contributed by atoms with van der Waals surface area (Å²) in [6, 6.07) is 18.5. The molecule has 2 aromatic heterocycles. The highest BCUT2D eigenvalue weighted by Gasteiger charge is 2.30. The maximum absolute atomic E-state index is 12.8. The minimum atomic E-state index is -4.45. The zero-order valence-electron chi connectivity index (χ0n) is 16.6. The number of benzene rings is 2. The van der Waals surface area contributed by atoms with E-state index in [1.54, 1.807) is 36.4 Å². The van der Waals surface area contributed by atoms with Crippen LogP contribution in [0.3, 0.4) is 0 Å². The molecule has 1 N–H and O–H groups in total. The third kappa shape index (κ3) is 5.31. The van der Waals surface area contributed by atoms with Crippen LogP contribution in [0.25, 0.3) is 5.82 Å². The lowest BCUT2D eigenvalue weighted by Crippen LogP contribution is -2.15. The fourth-order valence-corrected chi connectivity index (χ4v) is 2.97. The van der Waals surface area contributed by atoms with Gasteiger partial charge in [-0.15, -0.1) is 10.2 Å². The molecule has 6 nitrogen and oxygen atoms in total. The van der Waals surface area contributed by atoms with Gasteiger partial charge < -0.3 is 14.6 Å². The summed E-state index contributed by atoms with van der Waals surface area (Å²) in [6.07, 6.45) is -0.921. The van der Waals surface area contributed by atoms with Gasteiger partial charge in [0.2, 0.25) is 11.8 Å². The number of carbonyl (C=O) groups excluding carboxylic acids is 1. The third-order valence-corrected chi connectivity index (χ3v) is 4.47. The molecule has 9 heteroatoms. The summed E-state index contributed by atoms with van der Waals surface area (Å²) in [7, 11) is 0. The minimum absolute atomic E-state index is 0.175. The van der Waals surface area contributed by atoms with Crippen molar-refractivity contribution in [3.63, 3.8) is 0 Å². The first kappa shape index (κ1) is 21.1. The van der Waals surface area contributed by atoms with Gasteiger partial charge >= 0.3 is 6.18 Å². The summed E-state index contributed by atoms with van der Waals surface area (Å²) in [5, 5.41) is 10.8. The van der Waals surface area contributed by atoms with Crippen molar-refractivity contribution >= 4 is 11.6 Å². The van der Waals surface area contributed by atoms with Gasteiger partial charge in [0.05, 0.1) is 12.0 Å². The van der Waals surface area contributed by atoms with Crippen LogP contribution in [-0.2, 0) is 17.4 Å². The number of hydrogen-bond acceptors (Lipinski definition) is 4. The highest BCUT2D eigenvalue weighted by Crippen LogP contribution is 2.29. The number of halogens is 3. The molecule has 4 aromatic rings. The first-order valence-electron chi connectivity index (χ1n) is 9.58. The number of hydrogen-bond donors (Lipinski definition) is 1. The summed E-state index contributed by atoms with van der Waals surface area (Å²) >= 11 is 0. The van der Waals surface area contributed by atoms with E-state index < -0.39 is 17.6 Å². The maximum Gasteiger partial charge on any atom is 0.416 e. The summed E-state index contributed by atoms with van der Waals surface area (Å²) in [4.78, 5) is 12.2. The molecule has 0 atom stereocenters. The van der Waals surface area contributed by atoms with Crippen LogP contribution < -0.4 is 10.1 Å². The number of rotatable bonds is 6. The molecule has 2 aromatic carbocycles. The Balaban J connectivity index is 1.34. The number of nitrogens with zero attached hydrogens (tertiary/aromatic N) is 3. The van der Waals surface area contributed by atoms with Crippen molar-refractivity contribution in [3.05, 3.63) is 96.3 Å². The Labute approximate surface area is 181 Å². The van der Waals surface area contributed by atoms with Crippen molar-refractivity contribution in [3.8, 4) is 17.4 Å². The molecule has 1 amide bonds. The molecule has 0 bridgehead atoms. The predicted molar refractivity (Wildman–Crippen MR) is 112 cm³/mol. The molecule has 162 valence electrons. The van der Waals surface area contributed by atoms with E-state index in [4.69, 9.17) is 4.74 Å². The van der Waals surface area contributed by atoms with E-state index in [0.29, 0.717) is 23.1 Å². The Morgan fingerprint density at radius 3 is 2.34 bits per heavy atom. The van der Waals surface area contributed by atoms with Crippen molar-refractivity contribution in [2.75, 3.05) is 5.32 Å². The Bertz CT molecular complexity index is 1190.